The molecule has 0 saturated heterocycles. The van der Waals surface area contributed by atoms with Gasteiger partial charge in [0.15, 0.2) is 5.79 Å². The van der Waals surface area contributed by atoms with Gasteiger partial charge in [0.1, 0.15) is 0 Å². The Labute approximate surface area is 180 Å². The second-order valence-electron chi connectivity index (χ2n) is 7.85. The van der Waals surface area contributed by atoms with Crippen molar-refractivity contribution in [1.82, 2.24) is 0 Å². The Morgan fingerprint density at radius 3 is 1.20 bits per heavy atom. The van der Waals surface area contributed by atoms with E-state index in [2.05, 4.69) is 20.1 Å². The van der Waals surface area contributed by atoms with Gasteiger partial charge in [-0.3, -0.25) is 4.79 Å². The van der Waals surface area contributed by atoms with Gasteiger partial charge < -0.3 is 25.5 Å². The molecule has 0 fully saturated rings. The van der Waals surface area contributed by atoms with Crippen LogP contribution in [0.5, 0.6) is 0 Å². The van der Waals surface area contributed by atoms with Crippen LogP contribution < -0.4 is 0 Å². The van der Waals surface area contributed by atoms with E-state index in [1.165, 1.54) is 13.8 Å². The van der Waals surface area contributed by atoms with Gasteiger partial charge in [-0.25, -0.2) is 9.59 Å². The summed E-state index contributed by atoms with van der Waals surface area (Å²) in [4.78, 5) is 29.2. The van der Waals surface area contributed by atoms with Crippen LogP contribution >= 0.6 is 0 Å². The summed E-state index contributed by atoms with van der Waals surface area (Å²) in [7, 11) is 0. The molecule has 1 unspecified atom stereocenters. The lowest BCUT2D eigenvalue weighted by Crippen LogP contribution is -2.36. The van der Waals surface area contributed by atoms with Crippen molar-refractivity contribution in [2.75, 3.05) is 0 Å². The van der Waals surface area contributed by atoms with Crippen molar-refractivity contribution in [1.29, 1.82) is 0 Å². The minimum Gasteiger partial charge on any atom is -0.481 e. The van der Waals surface area contributed by atoms with Gasteiger partial charge in [-0.15, -0.1) is 0 Å². The lowest BCUT2D eigenvalue weighted by atomic mass is 9.90. The third kappa shape index (κ3) is 23.8. The summed E-state index contributed by atoms with van der Waals surface area (Å²) in [6, 6.07) is 0. The van der Waals surface area contributed by atoms with E-state index in [4.69, 9.17) is 15.3 Å². The minimum atomic E-state index is -1.44. The Morgan fingerprint density at radius 2 is 1.10 bits per heavy atom. The van der Waals surface area contributed by atoms with E-state index in [-0.39, 0.29) is 17.1 Å². The molecule has 0 aromatic carbocycles. The van der Waals surface area contributed by atoms with Crippen molar-refractivity contribution in [3.8, 4) is 0 Å². The summed E-state index contributed by atoms with van der Waals surface area (Å²) in [6.07, 6.45) is 3.18. The van der Waals surface area contributed by atoms with Crippen molar-refractivity contribution in [3.05, 3.63) is 24.3 Å². The van der Waals surface area contributed by atoms with Crippen LogP contribution in [0.1, 0.15) is 81.1 Å². The topological polar surface area (TPSA) is 152 Å². The molecule has 0 rings (SSSR count). The van der Waals surface area contributed by atoms with E-state index < -0.39 is 29.1 Å². The van der Waals surface area contributed by atoms with Gasteiger partial charge in [0.25, 0.3) is 0 Å². The highest BCUT2D eigenvalue weighted by Gasteiger charge is 2.29. The zero-order valence-electron chi connectivity index (χ0n) is 19.8. The summed E-state index contributed by atoms with van der Waals surface area (Å²) in [5, 5.41) is 43.0. The Morgan fingerprint density at radius 1 is 0.833 bits per heavy atom. The van der Waals surface area contributed by atoms with Crippen LogP contribution in [0.3, 0.4) is 0 Å². The molecule has 30 heavy (non-hydrogen) atoms. The number of carboxylic acids is 3. The Bertz CT molecular complexity index is 494. The molecule has 0 aliphatic heterocycles. The second kappa shape index (κ2) is 17.7. The van der Waals surface area contributed by atoms with Crippen LogP contribution in [0.15, 0.2) is 24.3 Å². The van der Waals surface area contributed by atoms with Gasteiger partial charge in [-0.1, -0.05) is 40.3 Å². The first-order valence-electron chi connectivity index (χ1n) is 9.77. The smallest absolute Gasteiger partial charge is 0.330 e. The molecule has 178 valence electrons. The van der Waals surface area contributed by atoms with Crippen LogP contribution in [-0.2, 0) is 14.4 Å². The van der Waals surface area contributed by atoms with Crippen LogP contribution in [0.2, 0.25) is 0 Å². The van der Waals surface area contributed by atoms with Gasteiger partial charge in [-0.2, -0.15) is 0 Å². The summed E-state index contributed by atoms with van der Waals surface area (Å²) < 4.78 is 0. The van der Waals surface area contributed by atoms with Gasteiger partial charge in [0.2, 0.25) is 0 Å². The second-order valence-corrected chi connectivity index (χ2v) is 7.85. The predicted molar refractivity (Wildman–Crippen MR) is 118 cm³/mol. The molecule has 0 heterocycles. The first kappa shape index (κ1) is 35.3. The predicted octanol–water partition coefficient (Wildman–Crippen LogP) is 4.31. The van der Waals surface area contributed by atoms with Crippen molar-refractivity contribution in [2.45, 2.75) is 86.9 Å². The third-order valence-electron chi connectivity index (χ3n) is 3.68. The maximum absolute atomic E-state index is 10.0. The molecule has 8 nitrogen and oxygen atoms in total. The molecule has 0 radical (unpaired) electrons. The fraction of sp³-hybridized carbons (Fsp3) is 0.682. The monoisotopic (exact) mass is 434 g/mol. The molecule has 8 heteroatoms. The fourth-order valence-electron chi connectivity index (χ4n) is 1.40. The molecule has 0 aliphatic rings. The highest BCUT2D eigenvalue weighted by Crippen LogP contribution is 2.25. The lowest BCUT2D eigenvalue weighted by molar-refractivity contribution is -0.204. The third-order valence-corrected chi connectivity index (χ3v) is 3.68. The quantitative estimate of drug-likeness (QED) is 0.293. The zero-order valence-corrected chi connectivity index (χ0v) is 19.8. The Balaban J connectivity index is -0.000000157. The fourth-order valence-corrected chi connectivity index (χ4v) is 1.40. The highest BCUT2D eigenvalue weighted by molar-refractivity contribution is 5.85. The van der Waals surface area contributed by atoms with Gasteiger partial charge >= 0.3 is 17.9 Å². The Kier molecular flexibility index (Phi) is 20.7. The van der Waals surface area contributed by atoms with Gasteiger partial charge in [0, 0.05) is 17.1 Å². The number of aliphatic hydroxyl groups is 2. The van der Waals surface area contributed by atoms with E-state index in [0.717, 1.165) is 19.3 Å². The largest absolute Gasteiger partial charge is 0.481 e. The van der Waals surface area contributed by atoms with E-state index in [1.54, 1.807) is 27.7 Å². The van der Waals surface area contributed by atoms with Crippen LogP contribution in [0.4, 0.5) is 0 Å². The van der Waals surface area contributed by atoms with Crippen molar-refractivity contribution >= 4 is 17.9 Å². The van der Waals surface area contributed by atoms with Crippen LogP contribution in [0, 0.1) is 11.3 Å². The van der Waals surface area contributed by atoms with Crippen molar-refractivity contribution < 1.29 is 39.9 Å². The number of carbonyl (C=O) groups is 3. The standard InChI is InChI=1S/C9H20O2.C5H10O2.2C4H6O2/c1-4-7-8(5-2)9(10,11)6-3;1-5(2,3)4(6)7;2*1-3(2)4(5)6/h8,10-11H,4-7H2,1-3H3;1-3H3,(H,6,7);2*1H2,2H3,(H,5,6). The number of hydrogen-bond acceptors (Lipinski definition) is 5. The molecular weight excluding hydrogens is 392 g/mol. The van der Waals surface area contributed by atoms with Crippen LogP contribution in [0.25, 0.3) is 0 Å². The maximum atomic E-state index is 10.0. The first-order chi connectivity index (χ1) is 13.3. The maximum Gasteiger partial charge on any atom is 0.330 e. The molecule has 0 aliphatic carbocycles. The molecule has 0 aromatic rings. The number of carboxylic acid groups (broad SMARTS) is 3. The average molecular weight is 435 g/mol. The number of rotatable bonds is 7. The van der Waals surface area contributed by atoms with Gasteiger partial charge in [-0.05, 0) is 53.9 Å². The minimum absolute atomic E-state index is 0.0394. The van der Waals surface area contributed by atoms with Crippen LogP contribution in [-0.4, -0.2) is 49.2 Å². The lowest BCUT2D eigenvalue weighted by Gasteiger charge is -2.29. The summed E-state index contributed by atoms with van der Waals surface area (Å²) in [6.45, 7) is 20.1. The summed E-state index contributed by atoms with van der Waals surface area (Å²) in [5.41, 5.74) is -0.231. The molecular formula is C22H42O8. The normalized spacial score (nSPS) is 11.1. The van der Waals surface area contributed by atoms with Crippen molar-refractivity contribution in [2.24, 2.45) is 11.3 Å². The molecule has 0 bridgehead atoms. The van der Waals surface area contributed by atoms with E-state index in [9.17, 15) is 24.6 Å². The molecule has 0 spiro atoms. The average Bonchev–Trinajstić information content (AvgIpc) is 2.60. The number of aliphatic carboxylic acids is 3. The van der Waals surface area contributed by atoms with Gasteiger partial charge in [0.05, 0.1) is 5.41 Å². The molecule has 1 atom stereocenters. The highest BCUT2D eigenvalue weighted by atomic mass is 16.5. The summed E-state index contributed by atoms with van der Waals surface area (Å²) >= 11 is 0. The molecule has 0 saturated carbocycles. The molecule has 0 amide bonds. The van der Waals surface area contributed by atoms with E-state index >= 15 is 0 Å². The van der Waals surface area contributed by atoms with E-state index in [0.29, 0.717) is 6.42 Å². The Hall–Kier alpha value is -2.19. The SMILES string of the molecule is C=C(C)C(=O)O.C=C(C)C(=O)O.CC(C)(C)C(=O)O.CCCC(CC)C(O)(O)CC. The first-order valence-corrected chi connectivity index (χ1v) is 9.77. The van der Waals surface area contributed by atoms with E-state index in [1.807, 2.05) is 6.92 Å². The number of hydrogen-bond donors (Lipinski definition) is 5. The van der Waals surface area contributed by atoms with Crippen molar-refractivity contribution in [3.63, 3.8) is 0 Å². The molecule has 5 N–H and O–H groups in total. The zero-order chi connectivity index (χ0) is 25.3. The summed E-state index contributed by atoms with van der Waals surface area (Å²) in [5.74, 6) is -4.03. The molecule has 0 aromatic heterocycles.